The number of aldehydes is 1. The topological polar surface area (TPSA) is 40.5 Å². The van der Waals surface area contributed by atoms with Crippen LogP contribution in [0.2, 0.25) is 0 Å². The van der Waals surface area contributed by atoms with Gasteiger partial charge in [0.05, 0.1) is 5.60 Å². The quantitative estimate of drug-likeness (QED) is 0.650. The molecule has 0 aliphatic rings. The Morgan fingerprint density at radius 2 is 1.69 bits per heavy atom. The summed E-state index contributed by atoms with van der Waals surface area (Å²) in [6.45, 7) is 8.54. The van der Waals surface area contributed by atoms with Crippen molar-refractivity contribution in [2.24, 2.45) is 5.41 Å². The first-order valence-corrected chi connectivity index (χ1v) is 4.53. The van der Waals surface area contributed by atoms with E-state index < -0.39 is 5.60 Å². The van der Waals surface area contributed by atoms with Crippen molar-refractivity contribution in [1.29, 1.82) is 0 Å². The van der Waals surface area contributed by atoms with Gasteiger partial charge in [-0.05, 0) is 20.9 Å². The molecule has 0 atom stereocenters. The average molecular weight is 187 g/mol. The molecule has 0 aliphatic carbocycles. The normalized spacial score (nSPS) is 13.5. The minimum absolute atomic E-state index is 0.333. The van der Waals surface area contributed by atoms with Crippen molar-refractivity contribution < 1.29 is 9.90 Å². The summed E-state index contributed by atoms with van der Waals surface area (Å²) in [7, 11) is 1.91. The fraction of sp³-hybridized carbons (Fsp3) is 0.900. The summed E-state index contributed by atoms with van der Waals surface area (Å²) in [4.78, 5) is 12.6. The number of rotatable bonds is 5. The summed E-state index contributed by atoms with van der Waals surface area (Å²) in [5.41, 5.74) is -1.03. The van der Waals surface area contributed by atoms with E-state index in [1.54, 1.807) is 13.8 Å². The zero-order valence-corrected chi connectivity index (χ0v) is 9.29. The van der Waals surface area contributed by atoms with E-state index >= 15 is 0 Å². The second-order valence-electron chi connectivity index (χ2n) is 5.09. The Bertz CT molecular complexity index is 170. The van der Waals surface area contributed by atoms with Gasteiger partial charge in [-0.1, -0.05) is 13.8 Å². The summed E-state index contributed by atoms with van der Waals surface area (Å²) in [5.74, 6) is 0. The molecule has 0 saturated heterocycles. The van der Waals surface area contributed by atoms with Crippen molar-refractivity contribution >= 4 is 6.29 Å². The van der Waals surface area contributed by atoms with Crippen LogP contribution in [0.1, 0.15) is 27.7 Å². The molecule has 1 N–H and O–H groups in total. The molecule has 0 unspecified atom stereocenters. The largest absolute Gasteiger partial charge is 0.389 e. The van der Waals surface area contributed by atoms with E-state index in [-0.39, 0.29) is 5.41 Å². The van der Waals surface area contributed by atoms with E-state index in [1.165, 1.54) is 0 Å². The smallest absolute Gasteiger partial charge is 0.126 e. The van der Waals surface area contributed by atoms with E-state index in [0.717, 1.165) is 6.29 Å². The van der Waals surface area contributed by atoms with Crippen molar-refractivity contribution in [2.75, 3.05) is 20.1 Å². The SMILES string of the molecule is CN(CC(C)(C)O)CC(C)(C)C=O. The van der Waals surface area contributed by atoms with Crippen LogP contribution in [0.4, 0.5) is 0 Å². The molecular formula is C10H21NO2. The van der Waals surface area contributed by atoms with E-state index in [9.17, 15) is 9.90 Å². The molecule has 3 heteroatoms. The van der Waals surface area contributed by atoms with E-state index in [4.69, 9.17) is 0 Å². The number of hydrogen-bond donors (Lipinski definition) is 1. The molecule has 0 aromatic heterocycles. The summed E-state index contributed by atoms with van der Waals surface area (Å²) in [6, 6.07) is 0. The molecule has 0 saturated carbocycles. The molecule has 0 aromatic rings. The van der Waals surface area contributed by atoms with Crippen LogP contribution in [-0.4, -0.2) is 42.0 Å². The Kier molecular flexibility index (Phi) is 4.07. The molecule has 0 aromatic carbocycles. The predicted octanol–water partition coefficient (Wildman–Crippen LogP) is 0.914. The number of nitrogens with zero attached hydrogens (tertiary/aromatic N) is 1. The molecular weight excluding hydrogens is 166 g/mol. The standard InChI is InChI=1S/C10H21NO2/c1-9(2,8-12)6-11(5)7-10(3,4)13/h8,13H,6-7H2,1-5H3. The number of hydrogen-bond acceptors (Lipinski definition) is 3. The van der Waals surface area contributed by atoms with Gasteiger partial charge in [0, 0.05) is 18.5 Å². The zero-order chi connectivity index (χ0) is 10.7. The number of aliphatic hydroxyl groups is 1. The molecule has 0 fully saturated rings. The Labute approximate surface area is 80.7 Å². The zero-order valence-electron chi connectivity index (χ0n) is 9.29. The lowest BCUT2D eigenvalue weighted by molar-refractivity contribution is -0.115. The summed E-state index contributed by atoms with van der Waals surface area (Å²) >= 11 is 0. The highest BCUT2D eigenvalue weighted by Crippen LogP contribution is 2.14. The van der Waals surface area contributed by atoms with Crippen LogP contribution in [0.15, 0.2) is 0 Å². The minimum Gasteiger partial charge on any atom is -0.389 e. The van der Waals surface area contributed by atoms with Gasteiger partial charge in [0.25, 0.3) is 0 Å². The summed E-state index contributed by atoms with van der Waals surface area (Å²) < 4.78 is 0. The molecule has 0 heterocycles. The van der Waals surface area contributed by atoms with Crippen molar-refractivity contribution in [3.63, 3.8) is 0 Å². The second kappa shape index (κ2) is 4.20. The number of carbonyl (C=O) groups is 1. The van der Waals surface area contributed by atoms with Crippen LogP contribution >= 0.6 is 0 Å². The van der Waals surface area contributed by atoms with Gasteiger partial charge in [-0.25, -0.2) is 0 Å². The molecule has 0 amide bonds. The second-order valence-corrected chi connectivity index (χ2v) is 5.09. The van der Waals surface area contributed by atoms with E-state index in [2.05, 4.69) is 0 Å². The van der Waals surface area contributed by atoms with Crippen LogP contribution in [0.25, 0.3) is 0 Å². The van der Waals surface area contributed by atoms with Crippen LogP contribution < -0.4 is 0 Å². The van der Waals surface area contributed by atoms with E-state index in [1.807, 2.05) is 25.8 Å². The Morgan fingerprint density at radius 3 is 2.00 bits per heavy atom. The van der Waals surface area contributed by atoms with Crippen molar-refractivity contribution in [1.82, 2.24) is 4.90 Å². The summed E-state index contributed by atoms with van der Waals surface area (Å²) in [5, 5.41) is 9.53. The maximum atomic E-state index is 10.6. The molecule has 0 radical (unpaired) electrons. The first kappa shape index (κ1) is 12.6. The fourth-order valence-electron chi connectivity index (χ4n) is 1.45. The lowest BCUT2D eigenvalue weighted by Crippen LogP contribution is -2.41. The van der Waals surface area contributed by atoms with Gasteiger partial charge in [0.15, 0.2) is 0 Å². The Hall–Kier alpha value is -0.410. The van der Waals surface area contributed by atoms with Gasteiger partial charge in [-0.15, -0.1) is 0 Å². The lowest BCUT2D eigenvalue weighted by Gasteiger charge is -2.30. The maximum Gasteiger partial charge on any atom is 0.126 e. The van der Waals surface area contributed by atoms with Gasteiger partial charge in [-0.3, -0.25) is 0 Å². The third-order valence-electron chi connectivity index (χ3n) is 1.65. The van der Waals surface area contributed by atoms with E-state index in [0.29, 0.717) is 13.1 Å². The molecule has 78 valence electrons. The van der Waals surface area contributed by atoms with Gasteiger partial charge in [-0.2, -0.15) is 0 Å². The predicted molar refractivity (Wildman–Crippen MR) is 53.6 cm³/mol. The van der Waals surface area contributed by atoms with Crippen molar-refractivity contribution in [2.45, 2.75) is 33.3 Å². The summed E-state index contributed by atoms with van der Waals surface area (Å²) in [6.07, 6.45) is 0.952. The molecule has 0 aliphatic heterocycles. The van der Waals surface area contributed by atoms with Gasteiger partial charge < -0.3 is 14.8 Å². The molecule has 13 heavy (non-hydrogen) atoms. The van der Waals surface area contributed by atoms with Gasteiger partial charge >= 0.3 is 0 Å². The third-order valence-corrected chi connectivity index (χ3v) is 1.65. The molecule has 0 bridgehead atoms. The Balaban J connectivity index is 4.01. The van der Waals surface area contributed by atoms with Crippen LogP contribution in [0.3, 0.4) is 0 Å². The van der Waals surface area contributed by atoms with Crippen molar-refractivity contribution in [3.8, 4) is 0 Å². The molecule has 3 nitrogen and oxygen atoms in total. The first-order valence-electron chi connectivity index (χ1n) is 4.53. The fourth-order valence-corrected chi connectivity index (χ4v) is 1.45. The lowest BCUT2D eigenvalue weighted by atomic mass is 9.95. The highest BCUT2D eigenvalue weighted by Gasteiger charge is 2.22. The van der Waals surface area contributed by atoms with Gasteiger partial charge in [0.1, 0.15) is 6.29 Å². The maximum absolute atomic E-state index is 10.6. The first-order chi connectivity index (χ1) is 5.66. The van der Waals surface area contributed by atoms with Crippen LogP contribution in [0, 0.1) is 5.41 Å². The molecule has 0 spiro atoms. The number of likely N-dealkylation sites (N-methyl/N-ethyl adjacent to an activating group) is 1. The third kappa shape index (κ3) is 6.72. The minimum atomic E-state index is -0.701. The Morgan fingerprint density at radius 1 is 1.23 bits per heavy atom. The van der Waals surface area contributed by atoms with Crippen LogP contribution in [-0.2, 0) is 4.79 Å². The number of carbonyl (C=O) groups excluding carboxylic acids is 1. The van der Waals surface area contributed by atoms with Gasteiger partial charge in [0.2, 0.25) is 0 Å². The van der Waals surface area contributed by atoms with Crippen molar-refractivity contribution in [3.05, 3.63) is 0 Å². The van der Waals surface area contributed by atoms with Crippen LogP contribution in [0.5, 0.6) is 0 Å². The average Bonchev–Trinajstić information content (AvgIpc) is 1.81. The monoisotopic (exact) mass is 187 g/mol. The highest BCUT2D eigenvalue weighted by molar-refractivity contribution is 5.58. The molecule has 0 rings (SSSR count). The highest BCUT2D eigenvalue weighted by atomic mass is 16.3.